The van der Waals surface area contributed by atoms with Gasteiger partial charge in [-0.2, -0.15) is 0 Å². The lowest BCUT2D eigenvalue weighted by molar-refractivity contribution is 0.0936. The number of hydrogen-bond donors (Lipinski definition) is 0. The molecule has 0 heterocycles. The maximum atomic E-state index is 12.2. The number of alkyl halides is 2. The first-order chi connectivity index (χ1) is 11.6. The first-order valence-corrected chi connectivity index (χ1v) is 9.52. The summed E-state index contributed by atoms with van der Waals surface area (Å²) in [5.74, 6) is 0.0366. The van der Waals surface area contributed by atoms with Gasteiger partial charge in [0.1, 0.15) is 4.87 Å². The Morgan fingerprint density at radius 3 is 1.64 bits per heavy atom. The van der Waals surface area contributed by atoms with E-state index in [9.17, 15) is 9.59 Å². The number of ketones is 2. The topological polar surface area (TPSA) is 34.1 Å². The van der Waals surface area contributed by atoms with Crippen molar-refractivity contribution in [3.8, 4) is 0 Å². The fraction of sp³-hybridized carbons (Fsp3) is 0.333. The van der Waals surface area contributed by atoms with E-state index in [0.717, 1.165) is 16.7 Å². The van der Waals surface area contributed by atoms with Crippen LogP contribution in [0.25, 0.3) is 0 Å². The fourth-order valence-corrected chi connectivity index (χ4v) is 3.21. The van der Waals surface area contributed by atoms with Gasteiger partial charge in [0.15, 0.2) is 11.6 Å². The Kier molecular flexibility index (Phi) is 6.23. The zero-order valence-electron chi connectivity index (χ0n) is 14.8. The number of benzene rings is 2. The summed E-state index contributed by atoms with van der Waals surface area (Å²) in [5, 5.41) is 0. The minimum atomic E-state index is -0.909. The molecule has 0 aromatic heterocycles. The zero-order chi connectivity index (χ0) is 18.8. The van der Waals surface area contributed by atoms with Crippen molar-refractivity contribution in [3.63, 3.8) is 0 Å². The van der Waals surface area contributed by atoms with Crippen LogP contribution in [0, 0.1) is 5.92 Å². The highest BCUT2D eigenvalue weighted by Crippen LogP contribution is 2.32. The molecule has 0 spiro atoms. The molecule has 0 saturated carbocycles. The number of carbonyl (C=O) groups is 2. The Morgan fingerprint density at radius 2 is 1.28 bits per heavy atom. The summed E-state index contributed by atoms with van der Waals surface area (Å²) in [7, 11) is 0. The number of halogens is 2. The minimum absolute atomic E-state index is 0.0103. The third-order valence-electron chi connectivity index (χ3n) is 4.02. The van der Waals surface area contributed by atoms with Crippen molar-refractivity contribution in [2.45, 2.75) is 37.4 Å². The summed E-state index contributed by atoms with van der Waals surface area (Å²) in [6.07, 6.45) is 0. The van der Waals surface area contributed by atoms with Crippen molar-refractivity contribution in [2.75, 3.05) is 0 Å². The van der Waals surface area contributed by atoms with Crippen molar-refractivity contribution < 1.29 is 9.59 Å². The molecular weight excluding hydrogens is 400 g/mol. The number of Topliss-reactive ketones (excluding diaryl/α,β-unsaturated/α-hetero) is 2. The molecule has 0 aliphatic heterocycles. The first kappa shape index (κ1) is 19.9. The summed E-state index contributed by atoms with van der Waals surface area (Å²) < 4.78 is 0. The molecule has 0 aliphatic rings. The molecule has 0 N–H and O–H groups in total. The second-order valence-corrected chi connectivity index (χ2v) is 8.79. The molecule has 0 saturated heterocycles. The fourth-order valence-electron chi connectivity index (χ4n) is 2.49. The Morgan fingerprint density at radius 1 is 0.880 bits per heavy atom. The zero-order valence-corrected chi connectivity index (χ0v) is 17.2. The van der Waals surface area contributed by atoms with E-state index in [0.29, 0.717) is 5.56 Å². The van der Waals surface area contributed by atoms with Crippen LogP contribution in [-0.2, 0) is 0 Å². The summed E-state index contributed by atoms with van der Waals surface area (Å²) in [4.78, 5) is 23.3. The van der Waals surface area contributed by atoms with Crippen LogP contribution >= 0.6 is 27.5 Å². The molecule has 0 fully saturated rings. The maximum Gasteiger partial charge on any atom is 0.183 e. The Balaban J connectivity index is 2.19. The van der Waals surface area contributed by atoms with E-state index in [1.54, 1.807) is 26.0 Å². The van der Waals surface area contributed by atoms with Gasteiger partial charge in [0, 0.05) is 17.0 Å². The Bertz CT molecular complexity index is 756. The predicted octanol–water partition coefficient (Wildman–Crippen LogP) is 6.21. The van der Waals surface area contributed by atoms with Crippen molar-refractivity contribution in [3.05, 3.63) is 70.8 Å². The SMILES string of the molecule is CC(C)C(=O)c1ccc(C(Br)c2ccc(C(=O)C(C)(C)Cl)cc2)cc1. The van der Waals surface area contributed by atoms with Gasteiger partial charge in [-0.05, 0) is 25.0 Å². The van der Waals surface area contributed by atoms with E-state index in [1.165, 1.54) is 0 Å². The summed E-state index contributed by atoms with van der Waals surface area (Å²) in [6.45, 7) is 7.18. The van der Waals surface area contributed by atoms with Gasteiger partial charge in [0.25, 0.3) is 0 Å². The van der Waals surface area contributed by atoms with E-state index in [-0.39, 0.29) is 22.3 Å². The van der Waals surface area contributed by atoms with Crippen molar-refractivity contribution in [1.29, 1.82) is 0 Å². The molecule has 2 aromatic carbocycles. The van der Waals surface area contributed by atoms with Crippen LogP contribution in [0.3, 0.4) is 0 Å². The molecular formula is C21H22BrClO2. The molecule has 1 unspecified atom stereocenters. The van der Waals surface area contributed by atoms with Gasteiger partial charge in [0.2, 0.25) is 0 Å². The molecule has 1 atom stereocenters. The van der Waals surface area contributed by atoms with Crippen LogP contribution in [0.15, 0.2) is 48.5 Å². The smallest absolute Gasteiger partial charge is 0.183 e. The Labute approximate surface area is 162 Å². The van der Waals surface area contributed by atoms with Gasteiger partial charge >= 0.3 is 0 Å². The standard InChI is InChI=1S/C21H22BrClO2/c1-13(2)19(24)16-9-5-14(6-10-16)18(22)15-7-11-17(12-8-15)20(25)21(3,4)23/h5-13,18H,1-4H3. The van der Waals surface area contributed by atoms with Crippen LogP contribution < -0.4 is 0 Å². The number of hydrogen-bond acceptors (Lipinski definition) is 2. The summed E-state index contributed by atoms with van der Waals surface area (Å²) >= 11 is 9.78. The van der Waals surface area contributed by atoms with E-state index < -0.39 is 4.87 Å². The molecule has 0 radical (unpaired) electrons. The van der Waals surface area contributed by atoms with Crippen molar-refractivity contribution >= 4 is 39.1 Å². The Hall–Kier alpha value is -1.45. The second kappa shape index (κ2) is 7.84. The monoisotopic (exact) mass is 420 g/mol. The number of carbonyl (C=O) groups excluding carboxylic acids is 2. The maximum absolute atomic E-state index is 12.2. The predicted molar refractivity (Wildman–Crippen MR) is 107 cm³/mol. The van der Waals surface area contributed by atoms with E-state index >= 15 is 0 Å². The number of rotatable bonds is 6. The van der Waals surface area contributed by atoms with Crippen molar-refractivity contribution in [1.82, 2.24) is 0 Å². The van der Waals surface area contributed by atoms with Gasteiger partial charge in [-0.3, -0.25) is 9.59 Å². The van der Waals surface area contributed by atoms with Crippen LogP contribution in [0.1, 0.15) is 64.4 Å². The van der Waals surface area contributed by atoms with Crippen molar-refractivity contribution in [2.24, 2.45) is 5.92 Å². The second-order valence-electron chi connectivity index (χ2n) is 6.93. The average Bonchev–Trinajstić information content (AvgIpc) is 2.59. The van der Waals surface area contributed by atoms with Gasteiger partial charge in [-0.25, -0.2) is 0 Å². The van der Waals surface area contributed by atoms with Crippen LogP contribution in [0.4, 0.5) is 0 Å². The van der Waals surface area contributed by atoms with Gasteiger partial charge in [-0.15, -0.1) is 11.6 Å². The van der Waals surface area contributed by atoms with Gasteiger partial charge in [-0.1, -0.05) is 78.3 Å². The quantitative estimate of drug-likeness (QED) is 0.410. The van der Waals surface area contributed by atoms with E-state index in [1.807, 2.05) is 50.2 Å². The molecule has 25 heavy (non-hydrogen) atoms. The van der Waals surface area contributed by atoms with Crippen LogP contribution in [0.5, 0.6) is 0 Å². The highest BCUT2D eigenvalue weighted by molar-refractivity contribution is 9.09. The highest BCUT2D eigenvalue weighted by atomic mass is 79.9. The molecule has 0 bridgehead atoms. The average molecular weight is 422 g/mol. The molecule has 2 nitrogen and oxygen atoms in total. The normalized spacial score (nSPS) is 12.9. The highest BCUT2D eigenvalue weighted by Gasteiger charge is 2.25. The lowest BCUT2D eigenvalue weighted by Gasteiger charge is -2.16. The third-order valence-corrected chi connectivity index (χ3v) is 5.25. The first-order valence-electron chi connectivity index (χ1n) is 8.23. The van der Waals surface area contributed by atoms with Gasteiger partial charge in [0.05, 0.1) is 4.83 Å². The largest absolute Gasteiger partial charge is 0.294 e. The van der Waals surface area contributed by atoms with E-state index in [2.05, 4.69) is 15.9 Å². The molecule has 0 aliphatic carbocycles. The van der Waals surface area contributed by atoms with E-state index in [4.69, 9.17) is 11.6 Å². The van der Waals surface area contributed by atoms with Gasteiger partial charge < -0.3 is 0 Å². The minimum Gasteiger partial charge on any atom is -0.294 e. The lowest BCUT2D eigenvalue weighted by Crippen LogP contribution is -2.24. The molecule has 2 aromatic rings. The molecule has 0 amide bonds. The summed E-state index contributed by atoms with van der Waals surface area (Å²) in [6, 6.07) is 15.1. The molecule has 2 rings (SSSR count). The third kappa shape index (κ3) is 4.80. The summed E-state index contributed by atoms with van der Waals surface area (Å²) in [5.41, 5.74) is 3.41. The molecule has 4 heteroatoms. The van der Waals surface area contributed by atoms with Crippen LogP contribution in [-0.4, -0.2) is 16.4 Å². The van der Waals surface area contributed by atoms with Crippen LogP contribution in [0.2, 0.25) is 0 Å². The lowest BCUT2D eigenvalue weighted by atomic mass is 9.96. The molecule has 132 valence electrons.